The standard InChI is InChI=1S/C14H24N4S2.HI/c1-4-15-13(16-8-12-18-11(2)9-19-12)17-10-14(3)6-5-7-20-14;/h9H,4-8,10H2,1-3H3,(H2,15,16,17);1H. The highest BCUT2D eigenvalue weighted by molar-refractivity contribution is 14.0. The maximum Gasteiger partial charge on any atom is 0.191 e. The lowest BCUT2D eigenvalue weighted by Crippen LogP contribution is -2.43. The molecule has 1 aliphatic heterocycles. The van der Waals surface area contributed by atoms with Crippen molar-refractivity contribution in [2.24, 2.45) is 4.99 Å². The van der Waals surface area contributed by atoms with E-state index in [0.29, 0.717) is 11.3 Å². The predicted molar refractivity (Wildman–Crippen MR) is 105 cm³/mol. The van der Waals surface area contributed by atoms with Gasteiger partial charge in [0.25, 0.3) is 0 Å². The number of aromatic nitrogens is 1. The largest absolute Gasteiger partial charge is 0.357 e. The normalized spacial score (nSPS) is 22.0. The van der Waals surface area contributed by atoms with Crippen LogP contribution in [0, 0.1) is 6.92 Å². The van der Waals surface area contributed by atoms with Crippen molar-refractivity contribution in [3.63, 3.8) is 0 Å². The number of rotatable bonds is 5. The molecule has 4 nitrogen and oxygen atoms in total. The zero-order valence-electron chi connectivity index (χ0n) is 12.9. The predicted octanol–water partition coefficient (Wildman–Crippen LogP) is 3.41. The Balaban J connectivity index is 0.00000220. The van der Waals surface area contributed by atoms with Crippen molar-refractivity contribution in [2.75, 3.05) is 18.8 Å². The molecule has 0 saturated carbocycles. The summed E-state index contributed by atoms with van der Waals surface area (Å²) >= 11 is 3.74. The van der Waals surface area contributed by atoms with E-state index in [0.717, 1.165) is 29.8 Å². The van der Waals surface area contributed by atoms with E-state index in [4.69, 9.17) is 0 Å². The number of nitrogens with zero attached hydrogens (tertiary/aromatic N) is 2. The number of nitrogens with one attached hydrogen (secondary N) is 2. The first-order chi connectivity index (χ1) is 9.61. The van der Waals surface area contributed by atoms with Gasteiger partial charge in [-0.1, -0.05) is 0 Å². The molecule has 1 fully saturated rings. The number of guanidine groups is 1. The molecule has 1 aromatic rings. The van der Waals surface area contributed by atoms with Gasteiger partial charge in [-0.2, -0.15) is 11.8 Å². The Hall–Kier alpha value is -0.0200. The minimum Gasteiger partial charge on any atom is -0.357 e. The van der Waals surface area contributed by atoms with Crippen LogP contribution in [0.1, 0.15) is 37.4 Å². The Bertz CT molecular complexity index is 456. The minimum absolute atomic E-state index is 0. The van der Waals surface area contributed by atoms with Crippen LogP contribution in [0.5, 0.6) is 0 Å². The Morgan fingerprint density at radius 2 is 2.29 bits per heavy atom. The van der Waals surface area contributed by atoms with Crippen LogP contribution in [0.25, 0.3) is 0 Å². The third kappa shape index (κ3) is 6.32. The van der Waals surface area contributed by atoms with Crippen molar-refractivity contribution >= 4 is 53.0 Å². The van der Waals surface area contributed by atoms with Crippen molar-refractivity contribution in [3.05, 3.63) is 16.1 Å². The molecule has 7 heteroatoms. The number of thiazole rings is 1. The number of aliphatic imine (C=N–C) groups is 1. The van der Waals surface area contributed by atoms with Gasteiger partial charge in [-0.3, -0.25) is 0 Å². The van der Waals surface area contributed by atoms with Gasteiger partial charge >= 0.3 is 0 Å². The van der Waals surface area contributed by atoms with Gasteiger partial charge in [-0.25, -0.2) is 9.98 Å². The number of thioether (sulfide) groups is 1. The highest BCUT2D eigenvalue weighted by atomic mass is 127. The van der Waals surface area contributed by atoms with Crippen molar-refractivity contribution in [1.29, 1.82) is 0 Å². The molecule has 0 radical (unpaired) electrons. The minimum atomic E-state index is 0. The van der Waals surface area contributed by atoms with E-state index in [1.807, 2.05) is 6.92 Å². The number of halogens is 1. The van der Waals surface area contributed by atoms with E-state index in [1.165, 1.54) is 18.6 Å². The zero-order valence-corrected chi connectivity index (χ0v) is 16.9. The van der Waals surface area contributed by atoms with Crippen LogP contribution in [0.2, 0.25) is 0 Å². The van der Waals surface area contributed by atoms with Crippen LogP contribution >= 0.6 is 47.1 Å². The molecular weight excluding hydrogens is 415 g/mol. The molecule has 2 rings (SSSR count). The van der Waals surface area contributed by atoms with Gasteiger partial charge in [0.15, 0.2) is 5.96 Å². The Labute approximate surface area is 153 Å². The SMILES string of the molecule is CCNC(=NCc1nc(C)cs1)NCC1(C)CCCS1.I. The summed E-state index contributed by atoms with van der Waals surface area (Å²) in [5.74, 6) is 2.18. The second-order valence-corrected chi connectivity index (χ2v) is 7.96. The Kier molecular flexibility index (Phi) is 8.33. The highest BCUT2D eigenvalue weighted by Crippen LogP contribution is 2.36. The van der Waals surface area contributed by atoms with Gasteiger partial charge < -0.3 is 10.6 Å². The summed E-state index contributed by atoms with van der Waals surface area (Å²) in [7, 11) is 0. The molecule has 0 amide bonds. The molecule has 1 atom stereocenters. The van der Waals surface area contributed by atoms with Gasteiger partial charge in [-0.05, 0) is 39.4 Å². The maximum absolute atomic E-state index is 4.62. The fourth-order valence-electron chi connectivity index (χ4n) is 2.21. The fourth-order valence-corrected chi connectivity index (χ4v) is 4.15. The number of hydrogen-bond acceptors (Lipinski definition) is 4. The molecule has 120 valence electrons. The summed E-state index contributed by atoms with van der Waals surface area (Å²) in [5.41, 5.74) is 1.08. The Morgan fingerprint density at radius 3 is 2.86 bits per heavy atom. The van der Waals surface area contributed by atoms with Crippen molar-refractivity contribution in [1.82, 2.24) is 15.6 Å². The third-order valence-corrected chi connectivity index (χ3v) is 5.80. The van der Waals surface area contributed by atoms with E-state index in [1.54, 1.807) is 11.3 Å². The van der Waals surface area contributed by atoms with Crippen LogP contribution in [-0.4, -0.2) is 34.5 Å². The Morgan fingerprint density at radius 1 is 1.48 bits per heavy atom. The number of hydrogen-bond donors (Lipinski definition) is 2. The fraction of sp³-hybridized carbons (Fsp3) is 0.714. The molecular formula is C14H25IN4S2. The van der Waals surface area contributed by atoms with Crippen LogP contribution < -0.4 is 10.6 Å². The van der Waals surface area contributed by atoms with Gasteiger partial charge in [0.05, 0.1) is 6.54 Å². The van der Waals surface area contributed by atoms with E-state index in [-0.39, 0.29) is 24.0 Å². The summed E-state index contributed by atoms with van der Waals surface area (Å²) in [6, 6.07) is 0. The lowest BCUT2D eigenvalue weighted by atomic mass is 10.1. The third-order valence-electron chi connectivity index (χ3n) is 3.31. The van der Waals surface area contributed by atoms with Crippen molar-refractivity contribution < 1.29 is 0 Å². The summed E-state index contributed by atoms with van der Waals surface area (Å²) in [4.78, 5) is 9.07. The van der Waals surface area contributed by atoms with Crippen LogP contribution in [0.3, 0.4) is 0 Å². The first-order valence-corrected chi connectivity index (χ1v) is 9.05. The second-order valence-electron chi connectivity index (χ2n) is 5.33. The smallest absolute Gasteiger partial charge is 0.191 e. The lowest BCUT2D eigenvalue weighted by Gasteiger charge is -2.24. The molecule has 1 aromatic heterocycles. The highest BCUT2D eigenvalue weighted by Gasteiger charge is 2.29. The lowest BCUT2D eigenvalue weighted by molar-refractivity contribution is 0.584. The molecule has 0 aliphatic carbocycles. The average molecular weight is 440 g/mol. The average Bonchev–Trinajstić information content (AvgIpc) is 3.03. The van der Waals surface area contributed by atoms with E-state index in [9.17, 15) is 0 Å². The summed E-state index contributed by atoms with van der Waals surface area (Å²) < 4.78 is 0.355. The molecule has 2 N–H and O–H groups in total. The van der Waals surface area contributed by atoms with Gasteiger partial charge in [0, 0.05) is 28.9 Å². The summed E-state index contributed by atoms with van der Waals surface area (Å²) in [6.45, 7) is 8.96. The van der Waals surface area contributed by atoms with Crippen LogP contribution in [0.4, 0.5) is 0 Å². The quantitative estimate of drug-likeness (QED) is 0.419. The van der Waals surface area contributed by atoms with E-state index in [2.05, 4.69) is 51.6 Å². The molecule has 21 heavy (non-hydrogen) atoms. The summed E-state index contributed by atoms with van der Waals surface area (Å²) in [6.07, 6.45) is 2.62. The number of aryl methyl sites for hydroxylation is 1. The molecule has 0 spiro atoms. The van der Waals surface area contributed by atoms with Gasteiger partial charge in [0.1, 0.15) is 5.01 Å². The molecule has 0 bridgehead atoms. The van der Waals surface area contributed by atoms with Crippen molar-refractivity contribution in [2.45, 2.75) is 44.9 Å². The van der Waals surface area contributed by atoms with Gasteiger partial charge in [0.2, 0.25) is 0 Å². The topological polar surface area (TPSA) is 49.3 Å². The molecule has 1 saturated heterocycles. The van der Waals surface area contributed by atoms with Crippen molar-refractivity contribution in [3.8, 4) is 0 Å². The van der Waals surface area contributed by atoms with E-state index >= 15 is 0 Å². The summed E-state index contributed by atoms with van der Waals surface area (Å²) in [5, 5.41) is 9.92. The first kappa shape index (κ1) is 19.0. The molecule has 1 aliphatic rings. The molecule has 0 aromatic carbocycles. The molecule has 2 heterocycles. The van der Waals surface area contributed by atoms with E-state index < -0.39 is 0 Å². The molecule has 1 unspecified atom stereocenters. The maximum atomic E-state index is 4.62. The monoisotopic (exact) mass is 440 g/mol. The van der Waals surface area contributed by atoms with Gasteiger partial charge in [-0.15, -0.1) is 35.3 Å². The van der Waals surface area contributed by atoms with Crippen LogP contribution in [-0.2, 0) is 6.54 Å². The first-order valence-electron chi connectivity index (χ1n) is 7.18. The van der Waals surface area contributed by atoms with Crippen LogP contribution in [0.15, 0.2) is 10.4 Å². The zero-order chi connectivity index (χ0) is 14.4. The second kappa shape index (κ2) is 9.19.